The molecule has 1 saturated heterocycles. The Morgan fingerprint density at radius 1 is 1.44 bits per heavy atom. The Hall–Kier alpha value is -0.203. The average molecular weight is 274 g/mol. The minimum atomic E-state index is -1.03. The van der Waals surface area contributed by atoms with Gasteiger partial charge in [-0.05, 0) is 12.5 Å². The van der Waals surface area contributed by atoms with Gasteiger partial charge in [0.05, 0.1) is 19.3 Å². The standard InChI is InChI=1S/C13H26O4Si/c1-18(2,3)8-7-15-11-17-12(9-14)5-4-6-13-10-16-13/h4-5,12-14H,6-11H2,1-3H3/b5-4-/t12-,13-/m0/s1. The summed E-state index contributed by atoms with van der Waals surface area (Å²) >= 11 is 0. The molecule has 5 heteroatoms. The largest absolute Gasteiger partial charge is 0.393 e. The normalized spacial score (nSPS) is 21.4. The summed E-state index contributed by atoms with van der Waals surface area (Å²) in [7, 11) is -1.03. The van der Waals surface area contributed by atoms with Crippen LogP contribution >= 0.6 is 0 Å². The molecular formula is C13H26O4Si. The molecule has 1 rings (SSSR count). The molecule has 1 heterocycles. The molecular weight excluding hydrogens is 248 g/mol. The van der Waals surface area contributed by atoms with Crippen molar-refractivity contribution in [2.75, 3.05) is 26.6 Å². The fourth-order valence-corrected chi connectivity index (χ4v) is 2.08. The Balaban J connectivity index is 2.01. The molecule has 4 nitrogen and oxygen atoms in total. The quantitative estimate of drug-likeness (QED) is 0.218. The van der Waals surface area contributed by atoms with E-state index in [0.717, 1.165) is 25.7 Å². The van der Waals surface area contributed by atoms with E-state index in [1.54, 1.807) is 0 Å². The van der Waals surface area contributed by atoms with Gasteiger partial charge in [-0.1, -0.05) is 31.8 Å². The van der Waals surface area contributed by atoms with Gasteiger partial charge in [-0.2, -0.15) is 0 Å². The highest BCUT2D eigenvalue weighted by atomic mass is 28.3. The van der Waals surface area contributed by atoms with Crippen LogP contribution < -0.4 is 0 Å². The molecule has 2 atom stereocenters. The van der Waals surface area contributed by atoms with Gasteiger partial charge < -0.3 is 19.3 Å². The van der Waals surface area contributed by atoms with Crippen LogP contribution in [0.3, 0.4) is 0 Å². The Labute approximate surface area is 111 Å². The Morgan fingerprint density at radius 3 is 2.72 bits per heavy atom. The second-order valence-electron chi connectivity index (χ2n) is 5.84. The Bertz CT molecular complexity index is 246. The van der Waals surface area contributed by atoms with E-state index >= 15 is 0 Å². The van der Waals surface area contributed by atoms with Crippen LogP contribution in [0.25, 0.3) is 0 Å². The number of hydrogen-bond acceptors (Lipinski definition) is 4. The molecule has 1 fully saturated rings. The van der Waals surface area contributed by atoms with Gasteiger partial charge in [-0.15, -0.1) is 0 Å². The van der Waals surface area contributed by atoms with Crippen LogP contribution in [0.2, 0.25) is 25.7 Å². The summed E-state index contributed by atoms with van der Waals surface area (Å²) < 4.78 is 15.9. The average Bonchev–Trinajstić information content (AvgIpc) is 3.08. The summed E-state index contributed by atoms with van der Waals surface area (Å²) in [6.45, 7) is 8.78. The van der Waals surface area contributed by atoms with Crippen LogP contribution in [-0.4, -0.2) is 52.0 Å². The first kappa shape index (κ1) is 15.9. The second kappa shape index (κ2) is 8.07. The fourth-order valence-electron chi connectivity index (χ4n) is 1.33. The van der Waals surface area contributed by atoms with Crippen molar-refractivity contribution in [2.45, 2.75) is 44.3 Å². The highest BCUT2D eigenvalue weighted by molar-refractivity contribution is 6.76. The number of aliphatic hydroxyl groups excluding tert-OH is 1. The third-order valence-corrected chi connectivity index (χ3v) is 4.40. The van der Waals surface area contributed by atoms with Crippen LogP contribution in [0.1, 0.15) is 6.42 Å². The van der Waals surface area contributed by atoms with Gasteiger partial charge >= 0.3 is 0 Å². The van der Waals surface area contributed by atoms with Crippen LogP contribution in [0.4, 0.5) is 0 Å². The van der Waals surface area contributed by atoms with Crippen LogP contribution in [0.5, 0.6) is 0 Å². The molecule has 0 aromatic carbocycles. The Kier molecular flexibility index (Phi) is 7.10. The number of epoxide rings is 1. The predicted octanol–water partition coefficient (Wildman–Crippen LogP) is 2.02. The van der Waals surface area contributed by atoms with Crippen molar-refractivity contribution >= 4 is 8.07 Å². The van der Waals surface area contributed by atoms with Crippen molar-refractivity contribution in [3.05, 3.63) is 12.2 Å². The van der Waals surface area contributed by atoms with E-state index in [1.807, 2.05) is 12.2 Å². The first-order chi connectivity index (χ1) is 8.51. The smallest absolute Gasteiger partial charge is 0.147 e. The van der Waals surface area contributed by atoms with Gasteiger partial charge in [-0.25, -0.2) is 0 Å². The van der Waals surface area contributed by atoms with Crippen molar-refractivity contribution < 1.29 is 19.3 Å². The fraction of sp³-hybridized carbons (Fsp3) is 0.846. The van der Waals surface area contributed by atoms with Crippen LogP contribution in [-0.2, 0) is 14.2 Å². The second-order valence-corrected chi connectivity index (χ2v) is 11.5. The van der Waals surface area contributed by atoms with E-state index in [1.165, 1.54) is 0 Å². The van der Waals surface area contributed by atoms with E-state index in [2.05, 4.69) is 19.6 Å². The van der Waals surface area contributed by atoms with Gasteiger partial charge in [0.15, 0.2) is 0 Å². The molecule has 0 radical (unpaired) electrons. The van der Waals surface area contributed by atoms with E-state index < -0.39 is 8.07 Å². The summed E-state index contributed by atoms with van der Waals surface area (Å²) in [6.07, 6.45) is 4.89. The molecule has 18 heavy (non-hydrogen) atoms. The lowest BCUT2D eigenvalue weighted by Crippen LogP contribution is -2.23. The molecule has 0 saturated carbocycles. The summed E-state index contributed by atoms with van der Waals surface area (Å²) in [5.74, 6) is 0. The topological polar surface area (TPSA) is 51.2 Å². The predicted molar refractivity (Wildman–Crippen MR) is 74.4 cm³/mol. The van der Waals surface area contributed by atoms with E-state index in [0.29, 0.717) is 6.10 Å². The maximum absolute atomic E-state index is 9.14. The Morgan fingerprint density at radius 2 is 2.17 bits per heavy atom. The van der Waals surface area contributed by atoms with Gasteiger partial charge in [0, 0.05) is 14.7 Å². The minimum Gasteiger partial charge on any atom is -0.393 e. The molecule has 1 N–H and O–H groups in total. The maximum Gasteiger partial charge on any atom is 0.147 e. The SMILES string of the molecule is C[Si](C)(C)CCOCO[C@@H](/C=C\C[C@H]1CO1)CO. The van der Waals surface area contributed by atoms with E-state index in [9.17, 15) is 0 Å². The number of ether oxygens (including phenoxy) is 3. The first-order valence-electron chi connectivity index (χ1n) is 6.60. The molecule has 0 aromatic rings. The third-order valence-electron chi connectivity index (χ3n) is 2.69. The number of rotatable bonds is 10. The van der Waals surface area contributed by atoms with Crippen LogP contribution in [0.15, 0.2) is 12.2 Å². The lowest BCUT2D eigenvalue weighted by atomic mass is 10.2. The molecule has 0 amide bonds. The number of aliphatic hydroxyl groups is 1. The first-order valence-corrected chi connectivity index (χ1v) is 10.3. The molecule has 0 bridgehead atoms. The zero-order chi connectivity index (χ0) is 13.4. The summed E-state index contributed by atoms with van der Waals surface area (Å²) in [5, 5.41) is 9.14. The lowest BCUT2D eigenvalue weighted by Gasteiger charge is -2.16. The molecule has 1 aliphatic rings. The molecule has 0 aliphatic carbocycles. The summed E-state index contributed by atoms with van der Waals surface area (Å²) in [4.78, 5) is 0. The summed E-state index contributed by atoms with van der Waals surface area (Å²) in [5.41, 5.74) is 0. The van der Waals surface area contributed by atoms with Crippen molar-refractivity contribution in [3.8, 4) is 0 Å². The van der Waals surface area contributed by atoms with Gasteiger partial charge in [0.2, 0.25) is 0 Å². The monoisotopic (exact) mass is 274 g/mol. The van der Waals surface area contributed by atoms with E-state index in [-0.39, 0.29) is 19.5 Å². The van der Waals surface area contributed by atoms with Crippen molar-refractivity contribution in [3.63, 3.8) is 0 Å². The zero-order valence-corrected chi connectivity index (χ0v) is 12.7. The minimum absolute atomic E-state index is 0.0145. The van der Waals surface area contributed by atoms with Gasteiger partial charge in [0.1, 0.15) is 12.9 Å². The molecule has 0 spiro atoms. The van der Waals surface area contributed by atoms with Crippen molar-refractivity contribution in [2.24, 2.45) is 0 Å². The van der Waals surface area contributed by atoms with Crippen molar-refractivity contribution in [1.82, 2.24) is 0 Å². The van der Waals surface area contributed by atoms with Crippen LogP contribution in [0, 0.1) is 0 Å². The van der Waals surface area contributed by atoms with Crippen molar-refractivity contribution in [1.29, 1.82) is 0 Å². The molecule has 106 valence electrons. The van der Waals surface area contributed by atoms with E-state index in [4.69, 9.17) is 19.3 Å². The highest BCUT2D eigenvalue weighted by Gasteiger charge is 2.20. The number of hydrogen-bond donors (Lipinski definition) is 1. The molecule has 0 aromatic heterocycles. The summed E-state index contributed by atoms with van der Waals surface area (Å²) in [6, 6.07) is 1.13. The molecule has 1 aliphatic heterocycles. The van der Waals surface area contributed by atoms with Gasteiger partial charge in [0.25, 0.3) is 0 Å². The van der Waals surface area contributed by atoms with Gasteiger partial charge in [-0.3, -0.25) is 0 Å². The third kappa shape index (κ3) is 8.83. The highest BCUT2D eigenvalue weighted by Crippen LogP contribution is 2.14. The maximum atomic E-state index is 9.14. The lowest BCUT2D eigenvalue weighted by molar-refractivity contribution is -0.0837. The zero-order valence-electron chi connectivity index (χ0n) is 11.7. The molecule has 0 unspecified atom stereocenters.